The molecule has 6 nitrogen and oxygen atoms in total. The summed E-state index contributed by atoms with van der Waals surface area (Å²) in [5.41, 5.74) is 2.43. The van der Waals surface area contributed by atoms with E-state index in [2.05, 4.69) is 15.3 Å². The first kappa shape index (κ1) is 15.3. The molecule has 0 aromatic carbocycles. The molecule has 0 bridgehead atoms. The van der Waals surface area contributed by atoms with Gasteiger partial charge in [0.15, 0.2) is 0 Å². The third-order valence-corrected chi connectivity index (χ3v) is 4.87. The van der Waals surface area contributed by atoms with Crippen LogP contribution < -0.4 is 5.59 Å². The highest BCUT2D eigenvalue weighted by molar-refractivity contribution is 6.61. The fraction of sp³-hybridized carbons (Fsp3) is 0.353. The highest BCUT2D eigenvalue weighted by Crippen LogP contribution is 2.36. The second-order valence-corrected chi connectivity index (χ2v) is 6.99. The van der Waals surface area contributed by atoms with E-state index in [1.807, 2.05) is 64.1 Å². The van der Waals surface area contributed by atoms with Crippen molar-refractivity contribution < 1.29 is 9.31 Å². The minimum absolute atomic E-state index is 0.399. The molecule has 1 fully saturated rings. The fourth-order valence-electron chi connectivity index (χ4n) is 2.77. The van der Waals surface area contributed by atoms with Gasteiger partial charge in [-0.05, 0) is 52.0 Å². The summed E-state index contributed by atoms with van der Waals surface area (Å²) in [7, 11) is -0.489. The molecule has 1 saturated heterocycles. The van der Waals surface area contributed by atoms with Crippen LogP contribution in [0.3, 0.4) is 0 Å². The molecule has 0 aliphatic carbocycles. The maximum atomic E-state index is 6.15. The molecule has 4 rings (SSSR count). The molecule has 0 amide bonds. The van der Waals surface area contributed by atoms with Crippen LogP contribution in [0, 0.1) is 0 Å². The second-order valence-electron chi connectivity index (χ2n) is 6.99. The lowest BCUT2D eigenvalue weighted by Crippen LogP contribution is -2.41. The van der Waals surface area contributed by atoms with E-state index in [-0.39, 0.29) is 0 Å². The summed E-state index contributed by atoms with van der Waals surface area (Å²) in [5.74, 6) is 0. The van der Waals surface area contributed by atoms with Crippen molar-refractivity contribution in [3.05, 3.63) is 42.6 Å². The number of hydrogen-bond donors (Lipinski definition) is 0. The van der Waals surface area contributed by atoms with Gasteiger partial charge in [0.05, 0.1) is 28.0 Å². The molecule has 0 N–H and O–H groups in total. The summed E-state index contributed by atoms with van der Waals surface area (Å²) in [4.78, 5) is 4.37. The summed E-state index contributed by atoms with van der Waals surface area (Å²) in [5, 5.41) is 8.61. The standard InChI is InChI=1S/C17H19BN4O2/c1-16(2)17(3,4)24-18(23-16)14-10-7-9-13-15(20-21-22(13)14)12-8-5-6-11-19-12/h5-11H,1-4H3. The van der Waals surface area contributed by atoms with E-state index < -0.39 is 18.3 Å². The van der Waals surface area contributed by atoms with Crippen molar-refractivity contribution in [2.24, 2.45) is 0 Å². The first-order chi connectivity index (χ1) is 11.4. The molecule has 0 radical (unpaired) electrons. The maximum absolute atomic E-state index is 6.15. The zero-order valence-corrected chi connectivity index (χ0v) is 14.2. The van der Waals surface area contributed by atoms with Crippen molar-refractivity contribution in [3.63, 3.8) is 0 Å². The van der Waals surface area contributed by atoms with Gasteiger partial charge in [-0.25, -0.2) is 4.52 Å². The normalized spacial score (nSPS) is 19.1. The molecule has 122 valence electrons. The Labute approximate surface area is 141 Å². The topological polar surface area (TPSA) is 61.5 Å². The number of fused-ring (bicyclic) bond motifs is 1. The average Bonchev–Trinajstić information content (AvgIpc) is 3.06. The molecule has 4 heterocycles. The van der Waals surface area contributed by atoms with Crippen molar-refractivity contribution in [2.75, 3.05) is 0 Å². The molecule has 0 saturated carbocycles. The SMILES string of the molecule is CC1(C)OB(c2cccc3c(-c4ccccn4)nnn23)OC1(C)C. The van der Waals surface area contributed by atoms with E-state index >= 15 is 0 Å². The minimum atomic E-state index is -0.489. The van der Waals surface area contributed by atoms with Gasteiger partial charge in [-0.2, -0.15) is 0 Å². The Morgan fingerprint density at radius 2 is 1.71 bits per heavy atom. The lowest BCUT2D eigenvalue weighted by molar-refractivity contribution is 0.00578. The van der Waals surface area contributed by atoms with E-state index in [1.165, 1.54) is 0 Å². The van der Waals surface area contributed by atoms with Gasteiger partial charge >= 0.3 is 7.12 Å². The van der Waals surface area contributed by atoms with Crippen LogP contribution in [0.2, 0.25) is 0 Å². The van der Waals surface area contributed by atoms with Crippen LogP contribution >= 0.6 is 0 Å². The average molecular weight is 322 g/mol. The van der Waals surface area contributed by atoms with Crippen LogP contribution in [-0.4, -0.2) is 38.1 Å². The van der Waals surface area contributed by atoms with Crippen LogP contribution in [0.5, 0.6) is 0 Å². The fourth-order valence-corrected chi connectivity index (χ4v) is 2.77. The smallest absolute Gasteiger partial charge is 0.398 e. The number of aromatic nitrogens is 4. The Bertz CT molecular complexity index is 876. The molecule has 1 aliphatic heterocycles. The Balaban J connectivity index is 1.81. The highest BCUT2D eigenvalue weighted by Gasteiger charge is 2.52. The summed E-state index contributed by atoms with van der Waals surface area (Å²) >= 11 is 0. The second kappa shape index (κ2) is 5.12. The van der Waals surface area contributed by atoms with E-state index in [0.717, 1.165) is 22.5 Å². The molecule has 0 atom stereocenters. The Morgan fingerprint density at radius 3 is 2.38 bits per heavy atom. The number of nitrogens with zero attached hydrogens (tertiary/aromatic N) is 4. The Hall–Kier alpha value is -2.25. The monoisotopic (exact) mass is 322 g/mol. The van der Waals surface area contributed by atoms with Crippen LogP contribution in [0.1, 0.15) is 27.7 Å². The molecule has 1 aliphatic rings. The van der Waals surface area contributed by atoms with Crippen molar-refractivity contribution in [3.8, 4) is 11.4 Å². The summed E-state index contributed by atoms with van der Waals surface area (Å²) < 4.78 is 14.1. The van der Waals surface area contributed by atoms with E-state index in [0.29, 0.717) is 0 Å². The molecule has 7 heteroatoms. The first-order valence-electron chi connectivity index (χ1n) is 8.00. The minimum Gasteiger partial charge on any atom is -0.398 e. The lowest BCUT2D eigenvalue weighted by Gasteiger charge is -2.32. The van der Waals surface area contributed by atoms with Gasteiger partial charge in [-0.15, -0.1) is 5.10 Å². The zero-order chi connectivity index (χ0) is 16.9. The van der Waals surface area contributed by atoms with Crippen LogP contribution in [-0.2, 0) is 9.31 Å². The van der Waals surface area contributed by atoms with Gasteiger partial charge in [0.1, 0.15) is 5.69 Å². The van der Waals surface area contributed by atoms with Crippen molar-refractivity contribution in [1.82, 2.24) is 19.8 Å². The van der Waals surface area contributed by atoms with Crippen molar-refractivity contribution in [1.29, 1.82) is 0 Å². The van der Waals surface area contributed by atoms with Gasteiger partial charge in [-0.3, -0.25) is 4.98 Å². The molecule has 0 spiro atoms. The lowest BCUT2D eigenvalue weighted by atomic mass is 9.84. The third-order valence-electron chi connectivity index (χ3n) is 4.87. The molecular formula is C17H19BN4O2. The number of rotatable bonds is 2. The summed E-state index contributed by atoms with van der Waals surface area (Å²) in [6.07, 6.45) is 1.75. The van der Waals surface area contributed by atoms with E-state index in [4.69, 9.17) is 9.31 Å². The van der Waals surface area contributed by atoms with Gasteiger partial charge < -0.3 is 9.31 Å². The van der Waals surface area contributed by atoms with Gasteiger partial charge in [0, 0.05) is 6.20 Å². The molecular weight excluding hydrogens is 303 g/mol. The Kier molecular flexibility index (Phi) is 3.27. The number of pyridine rings is 2. The molecule has 24 heavy (non-hydrogen) atoms. The highest BCUT2D eigenvalue weighted by atomic mass is 16.7. The molecule has 3 aromatic heterocycles. The van der Waals surface area contributed by atoms with Crippen molar-refractivity contribution in [2.45, 2.75) is 38.9 Å². The van der Waals surface area contributed by atoms with Crippen LogP contribution in [0.4, 0.5) is 0 Å². The van der Waals surface area contributed by atoms with Crippen molar-refractivity contribution >= 4 is 18.2 Å². The molecule has 0 unspecified atom stereocenters. The Morgan fingerprint density at radius 1 is 0.958 bits per heavy atom. The van der Waals surface area contributed by atoms with Gasteiger partial charge in [0.2, 0.25) is 0 Å². The van der Waals surface area contributed by atoms with Crippen LogP contribution in [0.15, 0.2) is 42.6 Å². The quantitative estimate of drug-likeness (QED) is 0.676. The van der Waals surface area contributed by atoms with Crippen LogP contribution in [0.25, 0.3) is 16.9 Å². The van der Waals surface area contributed by atoms with Gasteiger partial charge in [-0.1, -0.05) is 17.3 Å². The summed E-state index contributed by atoms with van der Waals surface area (Å²) in [6, 6.07) is 11.6. The molecule has 3 aromatic rings. The van der Waals surface area contributed by atoms with Gasteiger partial charge in [0.25, 0.3) is 0 Å². The zero-order valence-electron chi connectivity index (χ0n) is 14.2. The van der Waals surface area contributed by atoms with E-state index in [1.54, 1.807) is 10.7 Å². The summed E-state index contributed by atoms with van der Waals surface area (Å²) in [6.45, 7) is 8.14. The number of hydrogen-bond acceptors (Lipinski definition) is 5. The van der Waals surface area contributed by atoms with E-state index in [9.17, 15) is 0 Å². The first-order valence-corrected chi connectivity index (χ1v) is 8.00. The predicted octanol–water partition coefficient (Wildman–Crippen LogP) is 2.09. The largest absolute Gasteiger partial charge is 0.514 e. The predicted molar refractivity (Wildman–Crippen MR) is 91.9 cm³/mol. The maximum Gasteiger partial charge on any atom is 0.514 e. The third kappa shape index (κ3) is 2.24.